The van der Waals surface area contributed by atoms with Crippen LogP contribution < -0.4 is 4.74 Å². The van der Waals surface area contributed by atoms with Gasteiger partial charge in [0.05, 0.1) is 4.90 Å². The van der Waals surface area contributed by atoms with E-state index in [0.717, 1.165) is 17.6 Å². The molecule has 1 aromatic rings. The van der Waals surface area contributed by atoms with Gasteiger partial charge in [-0.05, 0) is 49.1 Å². The minimum Gasteiger partial charge on any atom is -0.489 e. The zero-order chi connectivity index (χ0) is 13.9. The van der Waals surface area contributed by atoms with Gasteiger partial charge >= 0.3 is 0 Å². The Kier molecular flexibility index (Phi) is 4.82. The zero-order valence-corrected chi connectivity index (χ0v) is 12.4. The van der Waals surface area contributed by atoms with E-state index in [2.05, 4.69) is 6.58 Å². The van der Waals surface area contributed by atoms with Crippen molar-refractivity contribution in [3.63, 3.8) is 0 Å². The summed E-state index contributed by atoms with van der Waals surface area (Å²) in [6.07, 6.45) is 0.853. The molecule has 1 rings (SSSR count). The van der Waals surface area contributed by atoms with Gasteiger partial charge < -0.3 is 4.74 Å². The summed E-state index contributed by atoms with van der Waals surface area (Å²) in [6.45, 7) is 9.77. The summed E-state index contributed by atoms with van der Waals surface area (Å²) in [5, 5.41) is 0. The van der Waals surface area contributed by atoms with Crippen LogP contribution in [0.1, 0.15) is 24.5 Å². The van der Waals surface area contributed by atoms with Crippen LogP contribution in [0.15, 0.2) is 29.2 Å². The van der Waals surface area contributed by atoms with E-state index < -0.39 is 9.05 Å². The van der Waals surface area contributed by atoms with E-state index in [1.807, 2.05) is 6.92 Å². The Hall–Kier alpha value is -1.00. The maximum Gasteiger partial charge on any atom is 0.261 e. The van der Waals surface area contributed by atoms with Crippen LogP contribution in [0.4, 0.5) is 0 Å². The Morgan fingerprint density at radius 2 is 1.94 bits per heavy atom. The molecule has 0 saturated carbocycles. The van der Waals surface area contributed by atoms with Gasteiger partial charge in [-0.1, -0.05) is 13.5 Å². The molecular formula is C13H17ClO3S. The maximum absolute atomic E-state index is 11.3. The fourth-order valence-corrected chi connectivity index (χ4v) is 2.72. The van der Waals surface area contributed by atoms with Crippen LogP contribution in [-0.4, -0.2) is 15.0 Å². The average Bonchev–Trinajstić information content (AvgIpc) is 2.27. The Morgan fingerprint density at radius 1 is 1.33 bits per heavy atom. The molecule has 18 heavy (non-hydrogen) atoms. The number of benzene rings is 1. The first-order chi connectivity index (χ1) is 8.25. The predicted octanol–water partition coefficient (Wildman–Crippen LogP) is 3.58. The van der Waals surface area contributed by atoms with Gasteiger partial charge in [0.1, 0.15) is 12.4 Å². The SMILES string of the molecule is C=C(CC)COc1cc(C)c(S(=O)(=O)Cl)cc1C. The van der Waals surface area contributed by atoms with Crippen LogP contribution in [0.3, 0.4) is 0 Å². The summed E-state index contributed by atoms with van der Waals surface area (Å²) in [6, 6.07) is 3.22. The largest absolute Gasteiger partial charge is 0.489 e. The van der Waals surface area contributed by atoms with Crippen LogP contribution >= 0.6 is 10.7 Å². The summed E-state index contributed by atoms with van der Waals surface area (Å²) in [5.41, 5.74) is 2.30. The Bertz CT molecular complexity index is 562. The predicted molar refractivity (Wildman–Crippen MR) is 73.9 cm³/mol. The van der Waals surface area contributed by atoms with E-state index in [0.29, 0.717) is 17.9 Å². The van der Waals surface area contributed by atoms with Crippen molar-refractivity contribution in [1.82, 2.24) is 0 Å². The second kappa shape index (κ2) is 5.76. The first-order valence-electron chi connectivity index (χ1n) is 5.61. The van der Waals surface area contributed by atoms with Gasteiger partial charge in [0, 0.05) is 10.7 Å². The van der Waals surface area contributed by atoms with Crippen molar-refractivity contribution in [2.24, 2.45) is 0 Å². The molecule has 0 amide bonds. The van der Waals surface area contributed by atoms with Crippen LogP contribution in [0, 0.1) is 13.8 Å². The molecule has 0 unspecified atom stereocenters. The van der Waals surface area contributed by atoms with Gasteiger partial charge in [-0.2, -0.15) is 0 Å². The molecule has 0 spiro atoms. The fraction of sp³-hybridized carbons (Fsp3) is 0.385. The summed E-state index contributed by atoms with van der Waals surface area (Å²) in [5.74, 6) is 0.658. The van der Waals surface area contributed by atoms with Crippen molar-refractivity contribution in [2.75, 3.05) is 6.61 Å². The number of ether oxygens (including phenoxy) is 1. The third-order valence-corrected chi connectivity index (χ3v) is 4.13. The lowest BCUT2D eigenvalue weighted by Crippen LogP contribution is -2.03. The highest BCUT2D eigenvalue weighted by molar-refractivity contribution is 8.13. The Balaban J connectivity index is 3.05. The average molecular weight is 289 g/mol. The first kappa shape index (κ1) is 15.1. The lowest BCUT2D eigenvalue weighted by Gasteiger charge is -2.12. The minimum atomic E-state index is -3.71. The molecule has 3 nitrogen and oxygen atoms in total. The van der Waals surface area contributed by atoms with Crippen molar-refractivity contribution in [1.29, 1.82) is 0 Å². The minimum absolute atomic E-state index is 0.128. The van der Waals surface area contributed by atoms with Gasteiger partial charge in [0.2, 0.25) is 0 Å². The number of aryl methyl sites for hydroxylation is 2. The third-order valence-electron chi connectivity index (χ3n) is 2.67. The molecule has 0 fully saturated rings. The summed E-state index contributed by atoms with van der Waals surface area (Å²) in [4.78, 5) is 0.128. The molecule has 0 atom stereocenters. The number of halogens is 1. The smallest absolute Gasteiger partial charge is 0.261 e. The molecule has 0 aliphatic carbocycles. The Labute approximate surface area is 113 Å². The van der Waals surface area contributed by atoms with Crippen molar-refractivity contribution >= 4 is 19.7 Å². The fourth-order valence-electron chi connectivity index (χ4n) is 1.46. The van der Waals surface area contributed by atoms with E-state index in [1.54, 1.807) is 19.9 Å². The molecule has 0 aromatic heterocycles. The highest BCUT2D eigenvalue weighted by Crippen LogP contribution is 2.28. The van der Waals surface area contributed by atoms with Gasteiger partial charge in [-0.15, -0.1) is 0 Å². The lowest BCUT2D eigenvalue weighted by molar-refractivity contribution is 0.346. The Morgan fingerprint density at radius 3 is 2.44 bits per heavy atom. The molecular weight excluding hydrogens is 272 g/mol. The van der Waals surface area contributed by atoms with Crippen molar-refractivity contribution in [2.45, 2.75) is 32.1 Å². The summed E-state index contributed by atoms with van der Waals surface area (Å²) in [7, 11) is 1.65. The molecule has 0 bridgehead atoms. The van der Waals surface area contributed by atoms with Crippen molar-refractivity contribution < 1.29 is 13.2 Å². The lowest BCUT2D eigenvalue weighted by atomic mass is 10.1. The van der Waals surface area contributed by atoms with Crippen LogP contribution in [0.2, 0.25) is 0 Å². The quantitative estimate of drug-likeness (QED) is 0.614. The highest BCUT2D eigenvalue weighted by Gasteiger charge is 2.16. The molecule has 0 heterocycles. The maximum atomic E-state index is 11.3. The van der Waals surface area contributed by atoms with E-state index in [9.17, 15) is 8.42 Å². The summed E-state index contributed by atoms with van der Waals surface area (Å²) < 4.78 is 28.3. The number of hydrogen-bond donors (Lipinski definition) is 0. The standard InChI is InChI=1S/C13H17ClO3S/c1-5-9(2)8-17-12-6-11(4)13(7-10(12)3)18(14,15)16/h6-7H,2,5,8H2,1,3-4H3. The van der Waals surface area contributed by atoms with Crippen LogP contribution in [0.5, 0.6) is 5.75 Å². The van der Waals surface area contributed by atoms with Crippen LogP contribution in [-0.2, 0) is 9.05 Å². The topological polar surface area (TPSA) is 43.4 Å². The van der Waals surface area contributed by atoms with Gasteiger partial charge in [-0.3, -0.25) is 0 Å². The monoisotopic (exact) mass is 288 g/mol. The van der Waals surface area contributed by atoms with E-state index in [1.165, 1.54) is 6.07 Å². The second-order valence-corrected chi connectivity index (χ2v) is 6.75. The van der Waals surface area contributed by atoms with Gasteiger partial charge in [0.15, 0.2) is 0 Å². The molecule has 100 valence electrons. The number of rotatable bonds is 5. The van der Waals surface area contributed by atoms with E-state index in [4.69, 9.17) is 15.4 Å². The first-order valence-corrected chi connectivity index (χ1v) is 7.92. The number of hydrogen-bond acceptors (Lipinski definition) is 3. The zero-order valence-electron chi connectivity index (χ0n) is 10.8. The summed E-state index contributed by atoms with van der Waals surface area (Å²) >= 11 is 0. The van der Waals surface area contributed by atoms with Crippen molar-refractivity contribution in [3.05, 3.63) is 35.4 Å². The van der Waals surface area contributed by atoms with Crippen molar-refractivity contribution in [3.8, 4) is 5.75 Å². The molecule has 0 saturated heterocycles. The van der Waals surface area contributed by atoms with Gasteiger partial charge in [0.25, 0.3) is 9.05 Å². The highest BCUT2D eigenvalue weighted by atomic mass is 35.7. The van der Waals surface area contributed by atoms with Crippen LogP contribution in [0.25, 0.3) is 0 Å². The molecule has 5 heteroatoms. The molecule has 0 N–H and O–H groups in total. The second-order valence-electron chi connectivity index (χ2n) is 4.21. The van der Waals surface area contributed by atoms with E-state index >= 15 is 0 Å². The molecule has 0 aliphatic heterocycles. The van der Waals surface area contributed by atoms with E-state index in [-0.39, 0.29) is 4.90 Å². The molecule has 0 radical (unpaired) electrons. The molecule has 0 aliphatic rings. The molecule has 1 aromatic carbocycles. The third kappa shape index (κ3) is 3.75. The normalized spacial score (nSPS) is 11.3. The van der Waals surface area contributed by atoms with Gasteiger partial charge in [-0.25, -0.2) is 8.42 Å².